The smallest absolute Gasteiger partial charge is 0.317 e. The summed E-state index contributed by atoms with van der Waals surface area (Å²) in [7, 11) is 0. The minimum atomic E-state index is -0.445. The van der Waals surface area contributed by atoms with Crippen LogP contribution in [0, 0.1) is 5.82 Å². The molecule has 3 rings (SSSR count). The minimum Gasteiger partial charge on any atom is -0.338 e. The van der Waals surface area contributed by atoms with Crippen LogP contribution in [0.15, 0.2) is 24.3 Å². The number of anilines is 1. The Morgan fingerprint density at radius 1 is 1.38 bits per heavy atom. The third-order valence-electron chi connectivity index (χ3n) is 4.04. The minimum absolute atomic E-state index is 0.115. The first-order valence-corrected chi connectivity index (χ1v) is 9.35. The molecule has 2 aromatic rings. The molecular formula is C17H20FN5O2S. The van der Waals surface area contributed by atoms with Gasteiger partial charge in [-0.2, -0.15) is 0 Å². The van der Waals surface area contributed by atoms with Gasteiger partial charge < -0.3 is 15.5 Å². The van der Waals surface area contributed by atoms with E-state index >= 15 is 0 Å². The molecule has 2 N–H and O–H groups in total. The monoisotopic (exact) mass is 377 g/mol. The molecule has 2 heterocycles. The maximum absolute atomic E-state index is 13.2. The summed E-state index contributed by atoms with van der Waals surface area (Å²) < 4.78 is 13.2. The van der Waals surface area contributed by atoms with E-state index < -0.39 is 11.7 Å². The Morgan fingerprint density at radius 2 is 2.23 bits per heavy atom. The zero-order valence-corrected chi connectivity index (χ0v) is 15.2. The number of urea groups is 1. The van der Waals surface area contributed by atoms with Gasteiger partial charge in [-0.1, -0.05) is 24.3 Å². The maximum atomic E-state index is 13.2. The third kappa shape index (κ3) is 4.16. The Hall–Kier alpha value is -2.55. The van der Waals surface area contributed by atoms with Crippen LogP contribution in [0.1, 0.15) is 47.0 Å². The molecule has 1 aliphatic heterocycles. The predicted octanol–water partition coefficient (Wildman–Crippen LogP) is 3.19. The first-order chi connectivity index (χ1) is 12.6. The molecule has 7 nitrogen and oxygen atoms in total. The van der Waals surface area contributed by atoms with Crippen molar-refractivity contribution in [3.63, 3.8) is 0 Å². The van der Waals surface area contributed by atoms with Gasteiger partial charge in [0.05, 0.1) is 6.04 Å². The van der Waals surface area contributed by atoms with Gasteiger partial charge in [-0.05, 0) is 37.5 Å². The molecule has 1 atom stereocenters. The molecule has 1 saturated heterocycles. The van der Waals surface area contributed by atoms with E-state index in [0.717, 1.165) is 30.6 Å². The second kappa shape index (κ2) is 8.22. The van der Waals surface area contributed by atoms with Crippen molar-refractivity contribution in [2.45, 2.75) is 32.2 Å². The van der Waals surface area contributed by atoms with E-state index in [-0.39, 0.29) is 17.1 Å². The van der Waals surface area contributed by atoms with Gasteiger partial charge in [0.1, 0.15) is 10.8 Å². The third-order valence-corrected chi connectivity index (χ3v) is 5.07. The molecule has 26 heavy (non-hydrogen) atoms. The number of hydrogen-bond acceptors (Lipinski definition) is 5. The fourth-order valence-electron chi connectivity index (χ4n) is 2.81. The maximum Gasteiger partial charge on any atom is 0.317 e. The topological polar surface area (TPSA) is 87.2 Å². The molecule has 0 unspecified atom stereocenters. The van der Waals surface area contributed by atoms with Crippen LogP contribution in [0.5, 0.6) is 0 Å². The molecule has 138 valence electrons. The summed E-state index contributed by atoms with van der Waals surface area (Å²) in [6, 6.07) is 5.37. The highest BCUT2D eigenvalue weighted by Gasteiger charge is 2.33. The van der Waals surface area contributed by atoms with Crippen LogP contribution < -0.4 is 10.6 Å². The zero-order valence-electron chi connectivity index (χ0n) is 14.4. The number of aromatic nitrogens is 2. The number of hydrogen-bond donors (Lipinski definition) is 2. The van der Waals surface area contributed by atoms with E-state index in [2.05, 4.69) is 20.8 Å². The van der Waals surface area contributed by atoms with Gasteiger partial charge in [0.25, 0.3) is 5.91 Å². The van der Waals surface area contributed by atoms with Crippen LogP contribution in [0.3, 0.4) is 0 Å². The highest BCUT2D eigenvalue weighted by molar-refractivity contribution is 7.13. The van der Waals surface area contributed by atoms with Crippen LogP contribution in [0.4, 0.5) is 14.9 Å². The normalized spacial score (nSPS) is 16.5. The van der Waals surface area contributed by atoms with E-state index in [0.29, 0.717) is 23.8 Å². The van der Waals surface area contributed by atoms with Crippen molar-refractivity contribution >= 4 is 29.0 Å². The fraction of sp³-hybridized carbons (Fsp3) is 0.412. The number of halogens is 1. The number of nitrogens with one attached hydrogen (secondary N) is 2. The number of amides is 3. The van der Waals surface area contributed by atoms with Gasteiger partial charge in [0, 0.05) is 18.8 Å². The average molecular weight is 377 g/mol. The number of carbonyl (C=O) groups excluding carboxylic acids is 2. The van der Waals surface area contributed by atoms with Crippen LogP contribution >= 0.6 is 11.3 Å². The summed E-state index contributed by atoms with van der Waals surface area (Å²) in [6.45, 7) is 3.28. The number of likely N-dealkylation sites (tertiary alicyclic amines) is 1. The number of nitrogens with zero attached hydrogens (tertiary/aromatic N) is 3. The summed E-state index contributed by atoms with van der Waals surface area (Å²) >= 11 is 1.16. The molecule has 0 saturated carbocycles. The Morgan fingerprint density at radius 3 is 3.00 bits per heavy atom. The van der Waals surface area contributed by atoms with Crippen LogP contribution in [0.25, 0.3) is 0 Å². The van der Waals surface area contributed by atoms with Crippen molar-refractivity contribution in [3.05, 3.63) is 40.1 Å². The van der Waals surface area contributed by atoms with E-state index in [1.165, 1.54) is 18.2 Å². The Labute approximate surface area is 154 Å². The largest absolute Gasteiger partial charge is 0.338 e. The quantitative estimate of drug-likeness (QED) is 0.838. The molecule has 0 bridgehead atoms. The number of benzene rings is 1. The number of carbonyl (C=O) groups is 2. The lowest BCUT2D eigenvalue weighted by Crippen LogP contribution is -2.39. The molecule has 1 aromatic carbocycles. The summed E-state index contributed by atoms with van der Waals surface area (Å²) in [5, 5.41) is 14.3. The highest BCUT2D eigenvalue weighted by atomic mass is 32.1. The molecule has 3 amide bonds. The molecule has 1 aliphatic rings. The van der Waals surface area contributed by atoms with Crippen molar-refractivity contribution in [2.75, 3.05) is 18.4 Å². The Balaban J connectivity index is 1.68. The Bertz CT molecular complexity index is 797. The van der Waals surface area contributed by atoms with Crippen molar-refractivity contribution < 1.29 is 14.0 Å². The lowest BCUT2D eigenvalue weighted by Gasteiger charge is -2.22. The van der Waals surface area contributed by atoms with Crippen LogP contribution in [0.2, 0.25) is 0 Å². The summed E-state index contributed by atoms with van der Waals surface area (Å²) in [5.41, 5.74) is 0.355. The molecule has 9 heteroatoms. The standard InChI is InChI=1S/C17H20FN5O2S/c1-2-8-19-17(25)23-9-4-7-13(23)15-21-22-16(26-15)14(24)20-12-6-3-5-11(18)10-12/h3,5-6,10,13H,2,4,7-9H2,1H3,(H,19,25)(H,20,24)/t13-/m0/s1. The molecule has 0 spiro atoms. The lowest BCUT2D eigenvalue weighted by molar-refractivity contribution is 0.102. The summed E-state index contributed by atoms with van der Waals surface area (Å²) in [4.78, 5) is 26.3. The van der Waals surface area contributed by atoms with Gasteiger partial charge in [0.15, 0.2) is 0 Å². The van der Waals surface area contributed by atoms with E-state index in [4.69, 9.17) is 0 Å². The van der Waals surface area contributed by atoms with Crippen LogP contribution in [-0.2, 0) is 0 Å². The SMILES string of the molecule is CCCNC(=O)N1CCC[C@H]1c1nnc(C(=O)Nc2cccc(F)c2)s1. The summed E-state index contributed by atoms with van der Waals surface area (Å²) in [6.07, 6.45) is 2.54. The van der Waals surface area contributed by atoms with E-state index in [9.17, 15) is 14.0 Å². The average Bonchev–Trinajstić information content (AvgIpc) is 3.28. The van der Waals surface area contributed by atoms with Crippen molar-refractivity contribution in [1.29, 1.82) is 0 Å². The van der Waals surface area contributed by atoms with Gasteiger partial charge in [-0.25, -0.2) is 9.18 Å². The van der Waals surface area contributed by atoms with Gasteiger partial charge in [0.2, 0.25) is 5.01 Å². The molecule has 0 radical (unpaired) electrons. The van der Waals surface area contributed by atoms with Gasteiger partial charge in [-0.15, -0.1) is 10.2 Å². The molecule has 1 fully saturated rings. The van der Waals surface area contributed by atoms with E-state index in [1.807, 2.05) is 6.92 Å². The first kappa shape index (κ1) is 18.2. The Kier molecular flexibility index (Phi) is 5.77. The summed E-state index contributed by atoms with van der Waals surface area (Å²) in [5.74, 6) is -0.875. The fourth-order valence-corrected chi connectivity index (χ4v) is 3.70. The second-order valence-corrected chi connectivity index (χ2v) is 7.00. The van der Waals surface area contributed by atoms with Crippen molar-refractivity contribution in [3.8, 4) is 0 Å². The van der Waals surface area contributed by atoms with Crippen molar-refractivity contribution in [1.82, 2.24) is 20.4 Å². The predicted molar refractivity (Wildman–Crippen MR) is 96.6 cm³/mol. The molecular weight excluding hydrogens is 357 g/mol. The van der Waals surface area contributed by atoms with E-state index in [1.54, 1.807) is 11.0 Å². The molecule has 1 aromatic heterocycles. The van der Waals surface area contributed by atoms with Gasteiger partial charge >= 0.3 is 6.03 Å². The van der Waals surface area contributed by atoms with Crippen molar-refractivity contribution in [2.24, 2.45) is 0 Å². The van der Waals surface area contributed by atoms with Crippen LogP contribution in [-0.4, -0.2) is 40.1 Å². The van der Waals surface area contributed by atoms with Gasteiger partial charge in [-0.3, -0.25) is 4.79 Å². The lowest BCUT2D eigenvalue weighted by atomic mass is 10.2. The second-order valence-electron chi connectivity index (χ2n) is 5.99. The first-order valence-electron chi connectivity index (χ1n) is 8.53. The zero-order chi connectivity index (χ0) is 18.5. The number of rotatable bonds is 5. The highest BCUT2D eigenvalue weighted by Crippen LogP contribution is 2.33. The molecule has 0 aliphatic carbocycles.